The first-order chi connectivity index (χ1) is 7.95. The van der Waals surface area contributed by atoms with Crippen LogP contribution in [0.5, 0.6) is 0 Å². The number of carbonyl (C=O) groups is 1. The number of hydrogen-bond acceptors (Lipinski definition) is 5. The van der Waals surface area contributed by atoms with Crippen molar-refractivity contribution in [3.05, 3.63) is 16.7 Å². The number of nitrogens with two attached hydrogens (primary N) is 1. The number of nitrogens with zero attached hydrogens (tertiary/aromatic N) is 2. The third-order valence-corrected chi connectivity index (χ3v) is 2.85. The van der Waals surface area contributed by atoms with Gasteiger partial charge in [-0.1, -0.05) is 0 Å². The van der Waals surface area contributed by atoms with Gasteiger partial charge in [0.15, 0.2) is 0 Å². The van der Waals surface area contributed by atoms with E-state index < -0.39 is 0 Å². The average Bonchev–Trinajstić information content (AvgIpc) is 2.26. The van der Waals surface area contributed by atoms with E-state index in [-0.39, 0.29) is 18.6 Å². The monoisotopic (exact) mass is 301 g/mol. The molecule has 0 aliphatic carbocycles. The van der Waals surface area contributed by atoms with E-state index in [1.807, 2.05) is 18.7 Å². The van der Waals surface area contributed by atoms with Crippen LogP contribution in [0.2, 0.25) is 0 Å². The standard InChI is InChI=1S/C11H16BrN3O2/c1-7(2)15(6-10(16)17-3)11-9(12)4-8(13)5-14-11/h4-5,7H,6,13H2,1-3H3. The first kappa shape index (κ1) is 13.8. The molecule has 17 heavy (non-hydrogen) atoms. The molecule has 94 valence electrons. The molecule has 0 amide bonds. The number of esters is 1. The minimum Gasteiger partial charge on any atom is -0.468 e. The normalized spacial score (nSPS) is 10.4. The summed E-state index contributed by atoms with van der Waals surface area (Å²) in [5, 5.41) is 0. The maximum Gasteiger partial charge on any atom is 0.325 e. The number of halogens is 1. The Hall–Kier alpha value is -1.30. The molecule has 0 bridgehead atoms. The number of nitrogen functional groups attached to an aromatic ring is 1. The van der Waals surface area contributed by atoms with E-state index in [1.165, 1.54) is 7.11 Å². The fourth-order valence-electron chi connectivity index (χ4n) is 1.36. The van der Waals surface area contributed by atoms with Gasteiger partial charge in [0.2, 0.25) is 0 Å². The van der Waals surface area contributed by atoms with Crippen molar-refractivity contribution in [3.63, 3.8) is 0 Å². The molecule has 0 aliphatic rings. The van der Waals surface area contributed by atoms with Crippen LogP contribution in [0.15, 0.2) is 16.7 Å². The second-order valence-electron chi connectivity index (χ2n) is 3.87. The number of rotatable bonds is 4. The van der Waals surface area contributed by atoms with Gasteiger partial charge in [0.25, 0.3) is 0 Å². The van der Waals surface area contributed by atoms with Crippen LogP contribution >= 0.6 is 15.9 Å². The lowest BCUT2D eigenvalue weighted by Gasteiger charge is -2.27. The molecule has 0 unspecified atom stereocenters. The number of ether oxygens (including phenoxy) is 1. The third kappa shape index (κ3) is 3.59. The van der Waals surface area contributed by atoms with Crippen LogP contribution in [0.1, 0.15) is 13.8 Å². The number of hydrogen-bond donors (Lipinski definition) is 1. The van der Waals surface area contributed by atoms with Gasteiger partial charge in [-0.15, -0.1) is 0 Å². The quantitative estimate of drug-likeness (QED) is 0.859. The molecule has 1 heterocycles. The van der Waals surface area contributed by atoms with Gasteiger partial charge in [-0.25, -0.2) is 4.98 Å². The van der Waals surface area contributed by atoms with Crippen molar-refractivity contribution in [2.75, 3.05) is 24.3 Å². The first-order valence-electron chi connectivity index (χ1n) is 5.20. The highest BCUT2D eigenvalue weighted by molar-refractivity contribution is 9.10. The fraction of sp³-hybridized carbons (Fsp3) is 0.455. The van der Waals surface area contributed by atoms with E-state index in [9.17, 15) is 4.79 Å². The topological polar surface area (TPSA) is 68.5 Å². The Morgan fingerprint density at radius 2 is 2.29 bits per heavy atom. The number of pyridine rings is 1. The smallest absolute Gasteiger partial charge is 0.325 e. The summed E-state index contributed by atoms with van der Waals surface area (Å²) in [5.41, 5.74) is 6.20. The van der Waals surface area contributed by atoms with Crippen molar-refractivity contribution in [3.8, 4) is 0 Å². The lowest BCUT2D eigenvalue weighted by Crippen LogP contribution is -2.37. The molecular formula is C11H16BrN3O2. The Morgan fingerprint density at radius 3 is 2.76 bits per heavy atom. The third-order valence-electron chi connectivity index (χ3n) is 2.27. The molecule has 1 aromatic rings. The number of methoxy groups -OCH3 is 1. The first-order valence-corrected chi connectivity index (χ1v) is 5.99. The number of carbonyl (C=O) groups excluding carboxylic acids is 1. The predicted molar refractivity (Wildman–Crippen MR) is 70.8 cm³/mol. The van der Waals surface area contributed by atoms with Crippen molar-refractivity contribution in [1.29, 1.82) is 0 Å². The van der Waals surface area contributed by atoms with E-state index in [4.69, 9.17) is 5.73 Å². The van der Waals surface area contributed by atoms with Crippen LogP contribution in [0, 0.1) is 0 Å². The summed E-state index contributed by atoms with van der Waals surface area (Å²) in [6, 6.07) is 1.89. The number of aromatic nitrogens is 1. The van der Waals surface area contributed by atoms with Gasteiger partial charge in [-0.2, -0.15) is 0 Å². The van der Waals surface area contributed by atoms with Crippen molar-refractivity contribution in [2.45, 2.75) is 19.9 Å². The summed E-state index contributed by atoms with van der Waals surface area (Å²) in [4.78, 5) is 17.4. The molecule has 0 spiro atoms. The maximum atomic E-state index is 11.3. The summed E-state index contributed by atoms with van der Waals surface area (Å²) >= 11 is 3.39. The van der Waals surface area contributed by atoms with Crippen LogP contribution in [0.3, 0.4) is 0 Å². The SMILES string of the molecule is COC(=O)CN(c1ncc(N)cc1Br)C(C)C. The molecule has 6 heteroatoms. The summed E-state index contributed by atoms with van der Waals surface area (Å²) in [7, 11) is 1.37. The van der Waals surface area contributed by atoms with Gasteiger partial charge in [-0.05, 0) is 35.8 Å². The zero-order valence-corrected chi connectivity index (χ0v) is 11.7. The van der Waals surface area contributed by atoms with Crippen LogP contribution in [-0.2, 0) is 9.53 Å². The Bertz CT molecular complexity index is 410. The summed E-state index contributed by atoms with van der Waals surface area (Å²) in [6.07, 6.45) is 1.56. The molecule has 0 fully saturated rings. The molecule has 1 aromatic heterocycles. The van der Waals surface area contributed by atoms with Crippen molar-refractivity contribution < 1.29 is 9.53 Å². The van der Waals surface area contributed by atoms with E-state index in [1.54, 1.807) is 12.3 Å². The zero-order valence-electron chi connectivity index (χ0n) is 10.1. The molecule has 1 rings (SSSR count). The van der Waals surface area contributed by atoms with Gasteiger partial charge in [0.05, 0.1) is 23.5 Å². The minimum atomic E-state index is -0.302. The second-order valence-corrected chi connectivity index (χ2v) is 4.73. The van der Waals surface area contributed by atoms with E-state index >= 15 is 0 Å². The molecule has 0 aromatic carbocycles. The maximum absolute atomic E-state index is 11.3. The lowest BCUT2D eigenvalue weighted by atomic mass is 10.3. The molecular weight excluding hydrogens is 286 g/mol. The zero-order chi connectivity index (χ0) is 13.0. The lowest BCUT2D eigenvalue weighted by molar-refractivity contribution is -0.139. The molecule has 5 nitrogen and oxygen atoms in total. The van der Waals surface area contributed by atoms with Crippen molar-refractivity contribution in [1.82, 2.24) is 4.98 Å². The Labute approximate surface area is 109 Å². The van der Waals surface area contributed by atoms with Gasteiger partial charge < -0.3 is 15.4 Å². The number of anilines is 2. The van der Waals surface area contributed by atoms with Gasteiger partial charge >= 0.3 is 5.97 Å². The highest BCUT2D eigenvalue weighted by atomic mass is 79.9. The van der Waals surface area contributed by atoms with Crippen molar-refractivity contribution in [2.24, 2.45) is 0 Å². The van der Waals surface area contributed by atoms with Crippen LogP contribution < -0.4 is 10.6 Å². The highest BCUT2D eigenvalue weighted by Crippen LogP contribution is 2.26. The minimum absolute atomic E-state index is 0.126. The van der Waals surface area contributed by atoms with E-state index in [2.05, 4.69) is 25.7 Å². The van der Waals surface area contributed by atoms with E-state index in [0.717, 1.165) is 4.47 Å². The average molecular weight is 302 g/mol. The second kappa shape index (κ2) is 5.86. The van der Waals surface area contributed by atoms with Crippen LogP contribution in [0.4, 0.5) is 11.5 Å². The molecule has 0 atom stereocenters. The summed E-state index contributed by atoms with van der Waals surface area (Å²) in [5.74, 6) is 0.379. The summed E-state index contributed by atoms with van der Waals surface area (Å²) in [6.45, 7) is 4.12. The summed E-state index contributed by atoms with van der Waals surface area (Å²) < 4.78 is 5.43. The molecule has 0 aliphatic heterocycles. The van der Waals surface area contributed by atoms with E-state index in [0.29, 0.717) is 11.5 Å². The van der Waals surface area contributed by atoms with Gasteiger partial charge in [0.1, 0.15) is 12.4 Å². The molecule has 2 N–H and O–H groups in total. The predicted octanol–water partition coefficient (Wildman–Crippen LogP) is 1.81. The van der Waals surface area contributed by atoms with Gasteiger partial charge in [0, 0.05) is 6.04 Å². The molecule has 0 saturated heterocycles. The Balaban J connectivity index is 3.01. The fourth-order valence-corrected chi connectivity index (χ4v) is 1.96. The molecule has 0 saturated carbocycles. The van der Waals surface area contributed by atoms with Crippen molar-refractivity contribution >= 4 is 33.4 Å². The Kier molecular flexibility index (Phi) is 4.74. The largest absolute Gasteiger partial charge is 0.468 e. The highest BCUT2D eigenvalue weighted by Gasteiger charge is 2.18. The van der Waals surface area contributed by atoms with Crippen LogP contribution in [0.25, 0.3) is 0 Å². The Morgan fingerprint density at radius 1 is 1.65 bits per heavy atom. The molecule has 0 radical (unpaired) electrons. The van der Waals surface area contributed by atoms with Gasteiger partial charge in [-0.3, -0.25) is 4.79 Å². The van der Waals surface area contributed by atoms with Crippen LogP contribution in [-0.4, -0.2) is 30.6 Å².